The zero-order valence-corrected chi connectivity index (χ0v) is 9.86. The summed E-state index contributed by atoms with van der Waals surface area (Å²) in [5.74, 6) is 1.10. The van der Waals surface area contributed by atoms with Crippen LogP contribution in [0.1, 0.15) is 27.2 Å². The number of nitrogens with one attached hydrogen (secondary N) is 1. The van der Waals surface area contributed by atoms with Crippen LogP contribution in [0.2, 0.25) is 0 Å². The third-order valence-corrected chi connectivity index (χ3v) is 4.21. The predicted molar refractivity (Wildman–Crippen MR) is 60.9 cm³/mol. The number of nitrogens with zero attached hydrogens (tertiary/aromatic N) is 1. The molecule has 0 spiro atoms. The van der Waals surface area contributed by atoms with Crippen LogP contribution in [0, 0.1) is 0 Å². The van der Waals surface area contributed by atoms with Gasteiger partial charge >= 0.3 is 0 Å². The summed E-state index contributed by atoms with van der Waals surface area (Å²) in [7, 11) is 0. The highest BCUT2D eigenvalue weighted by Crippen LogP contribution is 2.27. The summed E-state index contributed by atoms with van der Waals surface area (Å²) in [5, 5.41) is 4.62. The van der Waals surface area contributed by atoms with E-state index in [4.69, 9.17) is 4.74 Å². The summed E-state index contributed by atoms with van der Waals surface area (Å²) < 4.78 is 5.58. The van der Waals surface area contributed by atoms with Gasteiger partial charge in [0.05, 0.1) is 17.7 Å². The van der Waals surface area contributed by atoms with Crippen molar-refractivity contribution in [2.45, 2.75) is 44.9 Å². The van der Waals surface area contributed by atoms with E-state index in [1.807, 2.05) is 11.8 Å². The molecule has 14 heavy (non-hydrogen) atoms. The molecule has 3 nitrogen and oxygen atoms in total. The molecular weight excluding hydrogens is 196 g/mol. The van der Waals surface area contributed by atoms with Crippen LogP contribution in [0.25, 0.3) is 0 Å². The van der Waals surface area contributed by atoms with Crippen LogP contribution < -0.4 is 5.32 Å². The molecule has 0 amide bonds. The molecule has 2 heterocycles. The molecule has 2 aliphatic rings. The van der Waals surface area contributed by atoms with Crippen molar-refractivity contribution in [3.05, 3.63) is 0 Å². The van der Waals surface area contributed by atoms with E-state index in [1.54, 1.807) is 0 Å². The quantitative estimate of drug-likeness (QED) is 0.720. The first-order valence-corrected chi connectivity index (χ1v) is 6.19. The molecule has 4 heteroatoms. The minimum atomic E-state index is 0.0793. The number of hydrogen-bond acceptors (Lipinski definition) is 4. The molecule has 3 atom stereocenters. The van der Waals surface area contributed by atoms with Gasteiger partial charge in [-0.1, -0.05) is 11.8 Å². The van der Waals surface area contributed by atoms with Gasteiger partial charge in [0, 0.05) is 12.4 Å². The Morgan fingerprint density at radius 1 is 1.57 bits per heavy atom. The van der Waals surface area contributed by atoms with Gasteiger partial charge in [-0.15, -0.1) is 0 Å². The highest BCUT2D eigenvalue weighted by atomic mass is 32.2. The first kappa shape index (κ1) is 10.3. The second-order valence-corrected chi connectivity index (χ2v) is 5.41. The summed E-state index contributed by atoms with van der Waals surface area (Å²) in [6.07, 6.45) is 1.35. The molecule has 0 aromatic rings. The van der Waals surface area contributed by atoms with E-state index >= 15 is 0 Å². The fraction of sp³-hybridized carbons (Fsp3) is 0.900. The zero-order valence-electron chi connectivity index (χ0n) is 9.04. The molecule has 2 aliphatic heterocycles. The van der Waals surface area contributed by atoms with Crippen LogP contribution in [0.5, 0.6) is 0 Å². The lowest BCUT2D eigenvalue weighted by atomic mass is 9.95. The lowest BCUT2D eigenvalue weighted by molar-refractivity contribution is 0.0950. The van der Waals surface area contributed by atoms with Gasteiger partial charge < -0.3 is 10.1 Å². The summed E-state index contributed by atoms with van der Waals surface area (Å²) in [5.41, 5.74) is 0.0793. The van der Waals surface area contributed by atoms with E-state index in [0.717, 1.165) is 23.9 Å². The van der Waals surface area contributed by atoms with Crippen molar-refractivity contribution in [2.24, 2.45) is 4.99 Å². The fourth-order valence-electron chi connectivity index (χ4n) is 1.79. The summed E-state index contributed by atoms with van der Waals surface area (Å²) in [4.78, 5) is 4.54. The number of aliphatic imine (C=N–C) groups is 1. The van der Waals surface area contributed by atoms with E-state index in [-0.39, 0.29) is 11.6 Å². The maximum atomic E-state index is 5.58. The topological polar surface area (TPSA) is 33.6 Å². The number of amidine groups is 1. The van der Waals surface area contributed by atoms with Crippen molar-refractivity contribution in [2.75, 3.05) is 12.4 Å². The minimum Gasteiger partial charge on any atom is -0.376 e. The Bertz CT molecular complexity index is 257. The van der Waals surface area contributed by atoms with E-state index in [9.17, 15) is 0 Å². The summed E-state index contributed by atoms with van der Waals surface area (Å²) in [6, 6.07) is 0.462. The Balaban J connectivity index is 1.99. The lowest BCUT2D eigenvalue weighted by Gasteiger charge is -2.29. The van der Waals surface area contributed by atoms with Crippen LogP contribution in [0.4, 0.5) is 0 Å². The number of ether oxygens (including phenoxy) is 1. The Labute approximate surface area is 89.7 Å². The molecule has 3 unspecified atom stereocenters. The molecule has 2 rings (SSSR count). The molecule has 0 radical (unpaired) electrons. The molecular formula is C10H18N2OS. The monoisotopic (exact) mass is 214 g/mol. The van der Waals surface area contributed by atoms with Crippen LogP contribution in [-0.2, 0) is 4.74 Å². The van der Waals surface area contributed by atoms with Crippen molar-refractivity contribution >= 4 is 16.9 Å². The van der Waals surface area contributed by atoms with Gasteiger partial charge in [-0.05, 0) is 27.2 Å². The summed E-state index contributed by atoms with van der Waals surface area (Å²) in [6.45, 7) is 7.36. The first-order valence-electron chi connectivity index (χ1n) is 5.20. The Hall–Kier alpha value is -0.220. The molecule has 1 N–H and O–H groups in total. The maximum Gasteiger partial charge on any atom is 0.157 e. The molecule has 0 aromatic heterocycles. The van der Waals surface area contributed by atoms with E-state index in [1.165, 1.54) is 0 Å². The van der Waals surface area contributed by atoms with Crippen LogP contribution >= 0.6 is 11.8 Å². The van der Waals surface area contributed by atoms with Gasteiger partial charge in [-0.25, -0.2) is 0 Å². The maximum absolute atomic E-state index is 5.58. The van der Waals surface area contributed by atoms with Gasteiger partial charge in [0.2, 0.25) is 0 Å². The van der Waals surface area contributed by atoms with Gasteiger partial charge in [0.15, 0.2) is 5.17 Å². The van der Waals surface area contributed by atoms with Crippen molar-refractivity contribution in [1.82, 2.24) is 5.32 Å². The predicted octanol–water partition coefficient (Wildman–Crippen LogP) is 1.63. The van der Waals surface area contributed by atoms with Crippen LogP contribution in [-0.4, -0.2) is 35.2 Å². The number of thioether (sulfide) groups is 1. The molecule has 0 saturated carbocycles. The first-order chi connectivity index (χ1) is 6.60. The second-order valence-electron chi connectivity index (χ2n) is 4.40. The largest absolute Gasteiger partial charge is 0.376 e. The average Bonchev–Trinajstić information content (AvgIpc) is 2.62. The normalized spacial score (nSPS) is 42.6. The van der Waals surface area contributed by atoms with Crippen molar-refractivity contribution in [3.63, 3.8) is 0 Å². The molecule has 80 valence electrons. The third kappa shape index (κ3) is 1.91. The van der Waals surface area contributed by atoms with Crippen molar-refractivity contribution in [3.8, 4) is 0 Å². The average molecular weight is 214 g/mol. The Kier molecular flexibility index (Phi) is 2.75. The highest BCUT2D eigenvalue weighted by molar-refractivity contribution is 8.14. The Morgan fingerprint density at radius 3 is 2.86 bits per heavy atom. The van der Waals surface area contributed by atoms with Gasteiger partial charge in [-0.2, -0.15) is 0 Å². The number of hydrogen-bond donors (Lipinski definition) is 1. The van der Waals surface area contributed by atoms with Gasteiger partial charge in [0.25, 0.3) is 0 Å². The Morgan fingerprint density at radius 2 is 2.36 bits per heavy atom. The smallest absolute Gasteiger partial charge is 0.157 e. The third-order valence-electron chi connectivity index (χ3n) is 3.08. The van der Waals surface area contributed by atoms with Crippen molar-refractivity contribution in [1.29, 1.82) is 0 Å². The highest BCUT2D eigenvalue weighted by Gasteiger charge is 2.38. The minimum absolute atomic E-state index is 0.0793. The second kappa shape index (κ2) is 3.74. The SMILES string of the molecule is CC1CSC(NC2(C)CCOC2C)=N1. The standard InChI is InChI=1S/C10H18N2OS/c1-7-6-14-9(11-7)12-10(3)4-5-13-8(10)2/h7-8H,4-6H2,1-3H3,(H,11,12). The lowest BCUT2D eigenvalue weighted by Crippen LogP contribution is -2.49. The van der Waals surface area contributed by atoms with E-state index < -0.39 is 0 Å². The molecule has 0 aromatic carbocycles. The summed E-state index contributed by atoms with van der Waals surface area (Å²) >= 11 is 1.82. The molecule has 0 bridgehead atoms. The molecule has 0 aliphatic carbocycles. The van der Waals surface area contributed by atoms with Crippen LogP contribution in [0.15, 0.2) is 4.99 Å². The van der Waals surface area contributed by atoms with Gasteiger partial charge in [-0.3, -0.25) is 4.99 Å². The van der Waals surface area contributed by atoms with Gasteiger partial charge in [0.1, 0.15) is 0 Å². The zero-order chi connectivity index (χ0) is 10.2. The van der Waals surface area contributed by atoms with E-state index in [2.05, 4.69) is 31.1 Å². The molecule has 1 saturated heterocycles. The fourth-order valence-corrected chi connectivity index (χ4v) is 2.82. The number of rotatable bonds is 1. The van der Waals surface area contributed by atoms with E-state index in [0.29, 0.717) is 6.04 Å². The van der Waals surface area contributed by atoms with Crippen LogP contribution in [0.3, 0.4) is 0 Å². The van der Waals surface area contributed by atoms with Crippen molar-refractivity contribution < 1.29 is 4.74 Å². The molecule has 1 fully saturated rings.